The van der Waals surface area contributed by atoms with Crippen molar-refractivity contribution >= 4 is 17.9 Å². The second kappa shape index (κ2) is 11.1. The highest BCUT2D eigenvalue weighted by Crippen LogP contribution is 2.67. The highest BCUT2D eigenvalue weighted by atomic mass is 16.8. The Morgan fingerprint density at radius 3 is 2.35 bits per heavy atom. The zero-order valence-corrected chi connectivity index (χ0v) is 23.2. The summed E-state index contributed by atoms with van der Waals surface area (Å²) in [5.41, 5.74) is 0.315. The summed E-state index contributed by atoms with van der Waals surface area (Å²) in [7, 11) is 1.64. The number of esters is 3. The third-order valence-electron chi connectivity index (χ3n) is 8.67. The van der Waals surface area contributed by atoms with E-state index in [0.717, 1.165) is 18.4 Å². The number of ether oxygens (including phenoxy) is 5. The molecule has 0 aromatic carbocycles. The minimum atomic E-state index is -1.09. The van der Waals surface area contributed by atoms with Gasteiger partial charge in [-0.3, -0.25) is 19.1 Å². The van der Waals surface area contributed by atoms with E-state index in [0.29, 0.717) is 18.4 Å². The molecular formula is C29H42O8. The largest absolute Gasteiger partial charge is 0.458 e. The normalized spacial score (nSPS) is 36.6. The number of methoxy groups -OCH3 is 1. The average Bonchev–Trinajstić information content (AvgIpc) is 3.11. The Labute approximate surface area is 220 Å². The molecule has 3 rings (SSSR count). The summed E-state index contributed by atoms with van der Waals surface area (Å²) in [5, 5.41) is 0. The first-order chi connectivity index (χ1) is 17.3. The van der Waals surface area contributed by atoms with Crippen LogP contribution in [0.2, 0.25) is 0 Å². The van der Waals surface area contributed by atoms with Gasteiger partial charge in [0, 0.05) is 26.5 Å². The van der Waals surface area contributed by atoms with E-state index >= 15 is 0 Å². The van der Waals surface area contributed by atoms with Gasteiger partial charge in [-0.25, -0.2) is 0 Å². The summed E-state index contributed by atoms with van der Waals surface area (Å²) in [6.45, 7) is 18.6. The van der Waals surface area contributed by atoms with Gasteiger partial charge in [-0.05, 0) is 49.0 Å². The molecule has 206 valence electrons. The molecule has 0 amide bonds. The van der Waals surface area contributed by atoms with E-state index in [1.807, 2.05) is 6.08 Å². The highest BCUT2D eigenvalue weighted by Gasteiger charge is 2.71. The van der Waals surface area contributed by atoms with Crippen LogP contribution in [-0.4, -0.2) is 49.8 Å². The lowest BCUT2D eigenvalue weighted by Gasteiger charge is -2.61. The van der Waals surface area contributed by atoms with E-state index in [1.165, 1.54) is 13.8 Å². The zero-order valence-electron chi connectivity index (χ0n) is 23.2. The number of hydrogen-bond acceptors (Lipinski definition) is 8. The van der Waals surface area contributed by atoms with Crippen LogP contribution in [-0.2, 0) is 38.1 Å². The Hall–Kier alpha value is -2.45. The van der Waals surface area contributed by atoms with Gasteiger partial charge in [0.15, 0.2) is 0 Å². The minimum absolute atomic E-state index is 0.193. The Morgan fingerprint density at radius 2 is 1.81 bits per heavy atom. The molecule has 1 saturated carbocycles. The van der Waals surface area contributed by atoms with Crippen molar-refractivity contribution in [2.75, 3.05) is 7.11 Å². The van der Waals surface area contributed by atoms with E-state index in [-0.39, 0.29) is 35.2 Å². The molecule has 0 bridgehead atoms. The van der Waals surface area contributed by atoms with Crippen LogP contribution in [0, 0.1) is 28.6 Å². The Bertz CT molecular complexity index is 967. The van der Waals surface area contributed by atoms with Crippen LogP contribution in [0.15, 0.2) is 36.5 Å². The third-order valence-corrected chi connectivity index (χ3v) is 8.67. The molecule has 8 atom stereocenters. The van der Waals surface area contributed by atoms with Crippen LogP contribution in [0.4, 0.5) is 0 Å². The second-order valence-corrected chi connectivity index (χ2v) is 11.2. The van der Waals surface area contributed by atoms with Crippen molar-refractivity contribution in [1.82, 2.24) is 0 Å². The summed E-state index contributed by atoms with van der Waals surface area (Å²) in [4.78, 5) is 37.0. The van der Waals surface area contributed by atoms with Crippen LogP contribution in [0.25, 0.3) is 0 Å². The molecule has 1 heterocycles. The Morgan fingerprint density at radius 1 is 1.16 bits per heavy atom. The van der Waals surface area contributed by atoms with Crippen LogP contribution in [0.5, 0.6) is 0 Å². The predicted octanol–water partition coefficient (Wildman–Crippen LogP) is 4.88. The van der Waals surface area contributed by atoms with Gasteiger partial charge in [0.25, 0.3) is 0 Å². The van der Waals surface area contributed by atoms with E-state index in [4.69, 9.17) is 23.7 Å². The van der Waals surface area contributed by atoms with Gasteiger partial charge in [-0.2, -0.15) is 0 Å². The lowest BCUT2D eigenvalue weighted by Crippen LogP contribution is -2.63. The predicted molar refractivity (Wildman–Crippen MR) is 137 cm³/mol. The molecule has 0 aromatic heterocycles. The fraction of sp³-hybridized carbons (Fsp3) is 0.690. The van der Waals surface area contributed by atoms with Crippen molar-refractivity contribution in [3.8, 4) is 0 Å². The number of hydrogen-bond donors (Lipinski definition) is 0. The molecule has 2 aliphatic carbocycles. The van der Waals surface area contributed by atoms with Gasteiger partial charge in [-0.15, -0.1) is 0 Å². The van der Waals surface area contributed by atoms with Crippen molar-refractivity contribution in [2.45, 2.75) is 92.0 Å². The zero-order chi connectivity index (χ0) is 27.7. The molecule has 1 spiro atoms. The smallest absolute Gasteiger partial charge is 0.308 e. The Kier molecular flexibility index (Phi) is 8.75. The van der Waals surface area contributed by atoms with Gasteiger partial charge in [0.05, 0.1) is 17.4 Å². The topological polar surface area (TPSA) is 97.4 Å². The number of carbonyl (C=O) groups is 3. The van der Waals surface area contributed by atoms with Crippen molar-refractivity contribution in [3.63, 3.8) is 0 Å². The monoisotopic (exact) mass is 518 g/mol. The fourth-order valence-electron chi connectivity index (χ4n) is 6.56. The van der Waals surface area contributed by atoms with E-state index < -0.39 is 36.0 Å². The maximum absolute atomic E-state index is 12.6. The molecule has 1 aliphatic heterocycles. The molecule has 0 radical (unpaired) electrons. The molecular weight excluding hydrogens is 476 g/mol. The van der Waals surface area contributed by atoms with Gasteiger partial charge in [0.1, 0.15) is 6.10 Å². The summed E-state index contributed by atoms with van der Waals surface area (Å²) in [5.74, 6) is -1.65. The molecule has 2 fully saturated rings. The molecule has 0 N–H and O–H groups in total. The van der Waals surface area contributed by atoms with E-state index in [1.54, 1.807) is 27.0 Å². The Balaban J connectivity index is 2.23. The van der Waals surface area contributed by atoms with Crippen molar-refractivity contribution in [1.29, 1.82) is 0 Å². The third kappa shape index (κ3) is 5.28. The van der Waals surface area contributed by atoms with Crippen LogP contribution in [0.1, 0.15) is 67.2 Å². The SMILES string of the molecule is C=CC(=C)CCC1(C)C(C)CC(OC)C23C(=CC(OC(=O)C(C)C)CC12)C(OC(C)=O)OC3OC(C)=O. The van der Waals surface area contributed by atoms with Crippen LogP contribution in [0.3, 0.4) is 0 Å². The summed E-state index contributed by atoms with van der Waals surface area (Å²) >= 11 is 0. The first-order valence-corrected chi connectivity index (χ1v) is 13.1. The van der Waals surface area contributed by atoms with E-state index in [9.17, 15) is 14.4 Å². The highest BCUT2D eigenvalue weighted by molar-refractivity contribution is 5.72. The molecule has 8 heteroatoms. The molecule has 8 unspecified atom stereocenters. The average molecular weight is 519 g/mol. The quantitative estimate of drug-likeness (QED) is 0.184. The summed E-state index contributed by atoms with van der Waals surface area (Å²) in [6.07, 6.45) is 3.17. The lowest BCUT2D eigenvalue weighted by atomic mass is 9.45. The molecule has 0 aromatic rings. The van der Waals surface area contributed by atoms with E-state index in [2.05, 4.69) is 27.0 Å². The standard InChI is InChI=1S/C29H42O8/c1-10-17(4)11-12-28(8)18(5)13-24(33-9)29-22(14-21(15-23(28)29)36-25(32)16(2)3)26(34-19(6)30)37-27(29)35-20(7)31/h10,14,16,18,21,23-24,26-27H,1,4,11-13,15H2,2-3,5-9H3. The number of carbonyl (C=O) groups excluding carboxylic acids is 3. The maximum atomic E-state index is 12.6. The van der Waals surface area contributed by atoms with Crippen LogP contribution >= 0.6 is 0 Å². The van der Waals surface area contributed by atoms with Gasteiger partial charge in [0.2, 0.25) is 12.6 Å². The summed E-state index contributed by atoms with van der Waals surface area (Å²) in [6, 6.07) is 0. The van der Waals surface area contributed by atoms with Crippen molar-refractivity contribution in [3.05, 3.63) is 36.5 Å². The molecule has 3 aliphatic rings. The van der Waals surface area contributed by atoms with Crippen molar-refractivity contribution < 1.29 is 38.1 Å². The molecule has 8 nitrogen and oxygen atoms in total. The first-order valence-electron chi connectivity index (χ1n) is 13.1. The first kappa shape index (κ1) is 29.1. The minimum Gasteiger partial charge on any atom is -0.458 e. The molecule has 37 heavy (non-hydrogen) atoms. The number of allylic oxidation sites excluding steroid dienone is 2. The summed E-state index contributed by atoms with van der Waals surface area (Å²) < 4.78 is 29.6. The molecule has 1 saturated heterocycles. The van der Waals surface area contributed by atoms with Gasteiger partial charge < -0.3 is 18.9 Å². The number of rotatable bonds is 9. The second-order valence-electron chi connectivity index (χ2n) is 11.2. The van der Waals surface area contributed by atoms with Gasteiger partial charge >= 0.3 is 17.9 Å². The maximum Gasteiger partial charge on any atom is 0.308 e. The van der Waals surface area contributed by atoms with Crippen LogP contribution < -0.4 is 0 Å². The fourth-order valence-corrected chi connectivity index (χ4v) is 6.56. The van der Waals surface area contributed by atoms with Gasteiger partial charge in [-0.1, -0.05) is 52.5 Å². The van der Waals surface area contributed by atoms with Crippen molar-refractivity contribution in [2.24, 2.45) is 28.6 Å². The lowest BCUT2D eigenvalue weighted by molar-refractivity contribution is -0.258.